The Morgan fingerprint density at radius 3 is 2.13 bits per heavy atom. The number of esters is 1. The Bertz CT molecular complexity index is 1970. The third-order valence-corrected chi connectivity index (χ3v) is 8.02. The molecular formula is C35H32N6O5. The first-order valence-electron chi connectivity index (χ1n) is 14.9. The minimum absolute atomic E-state index is 0.00359. The van der Waals surface area contributed by atoms with Gasteiger partial charge in [-0.3, -0.25) is 19.0 Å². The molecule has 0 unspecified atom stereocenters. The molecule has 2 amide bonds. The molecule has 0 spiro atoms. The maximum absolute atomic E-state index is 13.2. The fourth-order valence-electron chi connectivity index (χ4n) is 5.44. The summed E-state index contributed by atoms with van der Waals surface area (Å²) in [7, 11) is 1.32. The van der Waals surface area contributed by atoms with Crippen molar-refractivity contribution in [2.75, 3.05) is 38.2 Å². The summed E-state index contributed by atoms with van der Waals surface area (Å²) in [5, 5.41) is 3.61. The van der Waals surface area contributed by atoms with Gasteiger partial charge in [-0.1, -0.05) is 30.3 Å². The van der Waals surface area contributed by atoms with E-state index >= 15 is 0 Å². The van der Waals surface area contributed by atoms with Crippen LogP contribution >= 0.6 is 0 Å². The second kappa shape index (κ2) is 13.0. The van der Waals surface area contributed by atoms with Crippen LogP contribution in [-0.2, 0) is 11.3 Å². The SMILES string of the molecule is COC(=O)c1ccc(CNC(=O)c2ccc(-n3c(=O)ccc4c(C)nc(N5CCN(C(=O)c6ccccc6)CC5)nc43)cc2)cc1. The largest absolute Gasteiger partial charge is 0.465 e. The highest BCUT2D eigenvalue weighted by atomic mass is 16.5. The van der Waals surface area contributed by atoms with Gasteiger partial charge >= 0.3 is 5.97 Å². The molecule has 2 aromatic heterocycles. The number of methoxy groups -OCH3 is 1. The van der Waals surface area contributed by atoms with Crippen molar-refractivity contribution in [3.63, 3.8) is 0 Å². The number of ether oxygens (including phenoxy) is 1. The molecule has 11 heteroatoms. The fraction of sp³-hybridized carbons (Fsp3) is 0.200. The summed E-state index contributed by atoms with van der Waals surface area (Å²) >= 11 is 0. The molecule has 0 saturated carbocycles. The molecule has 0 bridgehead atoms. The van der Waals surface area contributed by atoms with Gasteiger partial charge in [-0.2, -0.15) is 4.98 Å². The van der Waals surface area contributed by atoms with Crippen LogP contribution in [0.15, 0.2) is 95.8 Å². The van der Waals surface area contributed by atoms with Gasteiger partial charge in [0.2, 0.25) is 5.95 Å². The molecule has 1 saturated heterocycles. The lowest BCUT2D eigenvalue weighted by Crippen LogP contribution is -2.49. The Kier molecular flexibility index (Phi) is 8.55. The summed E-state index contributed by atoms with van der Waals surface area (Å²) in [6.45, 7) is 4.32. The summed E-state index contributed by atoms with van der Waals surface area (Å²) in [5.74, 6) is -0.212. The van der Waals surface area contributed by atoms with Crippen molar-refractivity contribution in [3.8, 4) is 5.69 Å². The molecule has 3 heterocycles. The Balaban J connectivity index is 1.18. The minimum atomic E-state index is -0.422. The van der Waals surface area contributed by atoms with Crippen LogP contribution in [0.2, 0.25) is 0 Å². The van der Waals surface area contributed by atoms with Gasteiger partial charge in [0, 0.05) is 55.3 Å². The number of aromatic nitrogens is 3. The van der Waals surface area contributed by atoms with Crippen LogP contribution in [0.25, 0.3) is 16.7 Å². The topological polar surface area (TPSA) is 127 Å². The molecule has 6 rings (SSSR count). The second-order valence-electron chi connectivity index (χ2n) is 10.9. The second-order valence-corrected chi connectivity index (χ2v) is 10.9. The number of benzene rings is 3. The number of amides is 2. The number of anilines is 1. The highest BCUT2D eigenvalue weighted by Gasteiger charge is 2.24. The van der Waals surface area contributed by atoms with E-state index < -0.39 is 5.97 Å². The molecule has 0 atom stereocenters. The number of piperazine rings is 1. The Morgan fingerprint density at radius 2 is 1.46 bits per heavy atom. The summed E-state index contributed by atoms with van der Waals surface area (Å²) < 4.78 is 6.24. The van der Waals surface area contributed by atoms with E-state index in [2.05, 4.69) is 5.32 Å². The zero-order valence-electron chi connectivity index (χ0n) is 25.5. The predicted octanol–water partition coefficient (Wildman–Crippen LogP) is 3.77. The first kappa shape index (κ1) is 30.2. The van der Waals surface area contributed by atoms with Crippen LogP contribution in [-0.4, -0.2) is 70.5 Å². The van der Waals surface area contributed by atoms with Gasteiger partial charge < -0.3 is 19.9 Å². The molecule has 1 N–H and O–H groups in total. The lowest BCUT2D eigenvalue weighted by molar-refractivity contribution is 0.0600. The molecule has 5 aromatic rings. The number of nitrogens with zero attached hydrogens (tertiary/aromatic N) is 5. The van der Waals surface area contributed by atoms with Gasteiger partial charge in [0.1, 0.15) is 0 Å². The smallest absolute Gasteiger partial charge is 0.337 e. The molecule has 1 aliphatic rings. The van der Waals surface area contributed by atoms with Crippen LogP contribution in [0.3, 0.4) is 0 Å². The van der Waals surface area contributed by atoms with E-state index in [1.165, 1.54) is 17.7 Å². The van der Waals surface area contributed by atoms with E-state index in [1.807, 2.05) is 47.1 Å². The monoisotopic (exact) mass is 616 g/mol. The maximum Gasteiger partial charge on any atom is 0.337 e. The van der Waals surface area contributed by atoms with Crippen molar-refractivity contribution in [2.24, 2.45) is 0 Å². The molecule has 46 heavy (non-hydrogen) atoms. The zero-order chi connectivity index (χ0) is 32.2. The quantitative estimate of drug-likeness (QED) is 0.274. The molecule has 0 aliphatic carbocycles. The Hall–Kier alpha value is -5.84. The van der Waals surface area contributed by atoms with E-state index in [0.29, 0.717) is 60.2 Å². The van der Waals surface area contributed by atoms with Crippen molar-refractivity contribution in [2.45, 2.75) is 13.5 Å². The van der Waals surface area contributed by atoms with Crippen LogP contribution in [0.5, 0.6) is 0 Å². The van der Waals surface area contributed by atoms with Crippen molar-refractivity contribution < 1.29 is 19.1 Å². The first-order valence-corrected chi connectivity index (χ1v) is 14.9. The lowest BCUT2D eigenvalue weighted by Gasteiger charge is -2.35. The molecule has 11 nitrogen and oxygen atoms in total. The predicted molar refractivity (Wildman–Crippen MR) is 173 cm³/mol. The number of fused-ring (bicyclic) bond motifs is 1. The number of pyridine rings is 1. The van der Waals surface area contributed by atoms with Gasteiger partial charge in [0.25, 0.3) is 17.4 Å². The number of aryl methyl sites for hydroxylation is 1. The van der Waals surface area contributed by atoms with Crippen LogP contribution in [0, 0.1) is 6.92 Å². The van der Waals surface area contributed by atoms with Crippen LogP contribution in [0.1, 0.15) is 42.3 Å². The van der Waals surface area contributed by atoms with Crippen LogP contribution in [0.4, 0.5) is 5.95 Å². The summed E-state index contributed by atoms with van der Waals surface area (Å²) in [6.07, 6.45) is 0. The van der Waals surface area contributed by atoms with Crippen LogP contribution < -0.4 is 15.8 Å². The molecule has 1 fully saturated rings. The van der Waals surface area contributed by atoms with E-state index in [0.717, 1.165) is 16.6 Å². The van der Waals surface area contributed by atoms with Crippen molar-refractivity contribution in [1.29, 1.82) is 0 Å². The first-order chi connectivity index (χ1) is 22.3. The third kappa shape index (κ3) is 6.20. The third-order valence-electron chi connectivity index (χ3n) is 8.02. The number of carbonyl (C=O) groups excluding carboxylic acids is 3. The lowest BCUT2D eigenvalue weighted by atomic mass is 10.1. The Morgan fingerprint density at radius 1 is 0.783 bits per heavy atom. The van der Waals surface area contributed by atoms with Crippen molar-refractivity contribution >= 4 is 34.8 Å². The normalized spacial score (nSPS) is 13.0. The maximum atomic E-state index is 13.2. The number of carbonyl (C=O) groups is 3. The van der Waals surface area contributed by atoms with E-state index in [9.17, 15) is 19.2 Å². The number of hydrogen-bond acceptors (Lipinski definition) is 8. The van der Waals surface area contributed by atoms with Gasteiger partial charge in [0.15, 0.2) is 5.65 Å². The van der Waals surface area contributed by atoms with Gasteiger partial charge in [-0.05, 0) is 67.1 Å². The number of rotatable bonds is 7. The summed E-state index contributed by atoms with van der Waals surface area (Å²) in [6, 6.07) is 26.0. The molecule has 1 aliphatic heterocycles. The number of nitrogens with one attached hydrogen (secondary N) is 1. The fourth-order valence-corrected chi connectivity index (χ4v) is 5.44. The van der Waals surface area contributed by atoms with Gasteiger partial charge in [-0.25, -0.2) is 9.78 Å². The van der Waals surface area contributed by atoms with Gasteiger partial charge in [-0.15, -0.1) is 0 Å². The van der Waals surface area contributed by atoms with E-state index in [4.69, 9.17) is 14.7 Å². The molecule has 3 aromatic carbocycles. The molecule has 0 radical (unpaired) electrons. The summed E-state index contributed by atoms with van der Waals surface area (Å²) in [5.41, 5.74) is 3.84. The standard InChI is InChI=1S/C35H32N6O5/c1-23-29-16-17-30(42)41(28-14-12-25(13-15-28)32(43)36-22-24-8-10-27(11-9-24)34(45)46-2)31(29)38-35(37-23)40-20-18-39(19-21-40)33(44)26-6-4-3-5-7-26/h3-17H,18-22H2,1-2H3,(H,36,43). The number of hydrogen-bond donors (Lipinski definition) is 1. The molecule has 232 valence electrons. The van der Waals surface area contributed by atoms with Gasteiger partial charge in [0.05, 0.1) is 24.1 Å². The Labute approximate surface area is 265 Å². The van der Waals surface area contributed by atoms with Crippen molar-refractivity contribution in [3.05, 3.63) is 129 Å². The average molecular weight is 617 g/mol. The minimum Gasteiger partial charge on any atom is -0.465 e. The highest BCUT2D eigenvalue weighted by Crippen LogP contribution is 2.22. The van der Waals surface area contributed by atoms with E-state index in [-0.39, 0.29) is 23.9 Å². The highest BCUT2D eigenvalue weighted by molar-refractivity contribution is 5.95. The van der Waals surface area contributed by atoms with Crippen molar-refractivity contribution in [1.82, 2.24) is 24.8 Å². The zero-order valence-corrected chi connectivity index (χ0v) is 25.5. The molecular weight excluding hydrogens is 584 g/mol. The average Bonchev–Trinajstić information content (AvgIpc) is 3.10. The van der Waals surface area contributed by atoms with E-state index in [1.54, 1.807) is 54.6 Å². The summed E-state index contributed by atoms with van der Waals surface area (Å²) in [4.78, 5) is 64.0.